The first-order chi connectivity index (χ1) is 12.5. The van der Waals surface area contributed by atoms with Crippen LogP contribution in [0, 0.1) is 5.92 Å². The Morgan fingerprint density at radius 1 is 1.27 bits per heavy atom. The summed E-state index contributed by atoms with van der Waals surface area (Å²) in [5.74, 6) is 0.0886. The first-order valence-electron chi connectivity index (χ1n) is 8.74. The topological polar surface area (TPSA) is 84.9 Å². The Balaban J connectivity index is 1.84. The number of nitrogens with one attached hydrogen (secondary N) is 1. The van der Waals surface area contributed by atoms with E-state index in [0.717, 1.165) is 12.8 Å². The number of amides is 1. The van der Waals surface area contributed by atoms with Gasteiger partial charge in [-0.3, -0.25) is 4.79 Å². The molecule has 2 aliphatic rings. The second kappa shape index (κ2) is 8.20. The molecular weight excluding hydrogens is 356 g/mol. The number of sulfonamides is 1. The van der Waals surface area contributed by atoms with Crippen LogP contribution in [0.2, 0.25) is 0 Å². The van der Waals surface area contributed by atoms with Crippen molar-refractivity contribution in [3.63, 3.8) is 0 Å². The molecule has 1 fully saturated rings. The lowest BCUT2D eigenvalue weighted by Gasteiger charge is -2.27. The fraction of sp³-hybridized carbons (Fsp3) is 0.500. The molecule has 1 amide bonds. The molecule has 1 N–H and O–H groups in total. The number of benzene rings is 1. The van der Waals surface area contributed by atoms with Gasteiger partial charge in [-0.2, -0.15) is 4.31 Å². The van der Waals surface area contributed by atoms with Crippen molar-refractivity contribution < 1.29 is 22.7 Å². The Morgan fingerprint density at radius 2 is 2.04 bits per heavy atom. The molecular formula is C18H24N2O5S. The third-order valence-electron chi connectivity index (χ3n) is 4.66. The van der Waals surface area contributed by atoms with Crippen molar-refractivity contribution in [1.29, 1.82) is 0 Å². The highest BCUT2D eigenvalue weighted by Gasteiger charge is 2.30. The maximum absolute atomic E-state index is 13.0. The number of methoxy groups -OCH3 is 1. The van der Waals surface area contributed by atoms with Gasteiger partial charge in [-0.1, -0.05) is 12.2 Å². The predicted molar refractivity (Wildman–Crippen MR) is 97.7 cm³/mol. The van der Waals surface area contributed by atoms with E-state index in [1.807, 2.05) is 6.08 Å². The van der Waals surface area contributed by atoms with E-state index in [-0.39, 0.29) is 22.5 Å². The molecule has 0 saturated carbocycles. The highest BCUT2D eigenvalue weighted by Crippen LogP contribution is 2.30. The Bertz CT molecular complexity index is 785. The van der Waals surface area contributed by atoms with Crippen molar-refractivity contribution in [2.24, 2.45) is 5.92 Å². The van der Waals surface area contributed by atoms with Crippen molar-refractivity contribution in [1.82, 2.24) is 4.31 Å². The maximum atomic E-state index is 13.0. The number of anilines is 1. The van der Waals surface area contributed by atoms with Gasteiger partial charge in [0, 0.05) is 24.7 Å². The van der Waals surface area contributed by atoms with E-state index >= 15 is 0 Å². The van der Waals surface area contributed by atoms with Crippen LogP contribution in [-0.2, 0) is 19.6 Å². The number of allylic oxidation sites excluding steroid dienone is 2. The minimum absolute atomic E-state index is 0.0586. The van der Waals surface area contributed by atoms with Gasteiger partial charge >= 0.3 is 0 Å². The van der Waals surface area contributed by atoms with Crippen molar-refractivity contribution in [2.75, 3.05) is 38.7 Å². The summed E-state index contributed by atoms with van der Waals surface area (Å²) in [6, 6.07) is 4.71. The van der Waals surface area contributed by atoms with E-state index < -0.39 is 10.0 Å². The van der Waals surface area contributed by atoms with Crippen LogP contribution in [0.1, 0.15) is 19.3 Å². The molecule has 1 atom stereocenters. The van der Waals surface area contributed by atoms with E-state index in [1.54, 1.807) is 12.1 Å². The SMILES string of the molecule is COc1ccc(NC(=O)C2CC=CCC2)cc1S(=O)(=O)N1CCOCC1. The molecule has 0 bridgehead atoms. The molecule has 142 valence electrons. The molecule has 1 heterocycles. The van der Waals surface area contributed by atoms with E-state index in [9.17, 15) is 13.2 Å². The summed E-state index contributed by atoms with van der Waals surface area (Å²) in [5, 5.41) is 2.84. The second-order valence-electron chi connectivity index (χ2n) is 6.35. The lowest BCUT2D eigenvalue weighted by molar-refractivity contribution is -0.120. The summed E-state index contributed by atoms with van der Waals surface area (Å²) in [6.07, 6.45) is 6.48. The number of nitrogens with zero attached hydrogens (tertiary/aromatic N) is 1. The number of carbonyl (C=O) groups is 1. The number of hydrogen-bond donors (Lipinski definition) is 1. The van der Waals surface area contributed by atoms with Gasteiger partial charge in [0.05, 0.1) is 20.3 Å². The standard InChI is InChI=1S/C18H24N2O5S/c1-24-16-8-7-15(19-18(21)14-5-3-2-4-6-14)13-17(16)26(22,23)20-9-11-25-12-10-20/h2-3,7-8,13-14H,4-6,9-12H2,1H3,(H,19,21). The predicted octanol–water partition coefficient (Wildman–Crippen LogP) is 2.01. The van der Waals surface area contributed by atoms with Crippen LogP contribution in [0.25, 0.3) is 0 Å². The van der Waals surface area contributed by atoms with E-state index in [2.05, 4.69) is 11.4 Å². The summed E-state index contributed by atoms with van der Waals surface area (Å²) in [6.45, 7) is 1.34. The monoisotopic (exact) mass is 380 g/mol. The average Bonchev–Trinajstić information content (AvgIpc) is 2.69. The van der Waals surface area contributed by atoms with Gasteiger partial charge in [0.2, 0.25) is 15.9 Å². The average molecular weight is 380 g/mol. The van der Waals surface area contributed by atoms with Gasteiger partial charge in [0.15, 0.2) is 0 Å². The van der Waals surface area contributed by atoms with Gasteiger partial charge in [0.25, 0.3) is 0 Å². The Labute approximate surface area is 154 Å². The number of rotatable bonds is 5. The lowest BCUT2D eigenvalue weighted by Crippen LogP contribution is -2.40. The number of morpholine rings is 1. The molecule has 1 unspecified atom stereocenters. The highest BCUT2D eigenvalue weighted by atomic mass is 32.2. The van der Waals surface area contributed by atoms with E-state index in [0.29, 0.717) is 38.4 Å². The van der Waals surface area contributed by atoms with Crippen LogP contribution in [-0.4, -0.2) is 52.0 Å². The van der Waals surface area contributed by atoms with Crippen LogP contribution < -0.4 is 10.1 Å². The molecule has 8 heteroatoms. The lowest BCUT2D eigenvalue weighted by atomic mass is 9.93. The Kier molecular flexibility index (Phi) is 5.95. The third kappa shape index (κ3) is 4.08. The normalized spacial score (nSPS) is 21.3. The second-order valence-corrected chi connectivity index (χ2v) is 8.26. The molecule has 0 spiro atoms. The van der Waals surface area contributed by atoms with Gasteiger partial charge in [0.1, 0.15) is 10.6 Å². The third-order valence-corrected chi connectivity index (χ3v) is 6.58. The fourth-order valence-corrected chi connectivity index (χ4v) is 4.75. The molecule has 0 radical (unpaired) electrons. The largest absolute Gasteiger partial charge is 0.495 e. The Morgan fingerprint density at radius 3 is 2.69 bits per heavy atom. The van der Waals surface area contributed by atoms with Crippen LogP contribution in [0.4, 0.5) is 5.69 Å². The van der Waals surface area contributed by atoms with Crippen molar-refractivity contribution >= 4 is 21.6 Å². The summed E-state index contributed by atoms with van der Waals surface area (Å²) >= 11 is 0. The first-order valence-corrected chi connectivity index (χ1v) is 10.2. The van der Waals surface area contributed by atoms with Crippen molar-refractivity contribution in [3.8, 4) is 5.75 Å². The molecule has 1 aliphatic heterocycles. The fourth-order valence-electron chi connectivity index (χ4n) is 3.16. The molecule has 1 aromatic carbocycles. The maximum Gasteiger partial charge on any atom is 0.246 e. The molecule has 7 nitrogen and oxygen atoms in total. The highest BCUT2D eigenvalue weighted by molar-refractivity contribution is 7.89. The zero-order chi connectivity index (χ0) is 18.6. The zero-order valence-corrected chi connectivity index (χ0v) is 15.6. The van der Waals surface area contributed by atoms with Crippen LogP contribution in [0.3, 0.4) is 0 Å². The van der Waals surface area contributed by atoms with Crippen LogP contribution >= 0.6 is 0 Å². The van der Waals surface area contributed by atoms with E-state index in [4.69, 9.17) is 9.47 Å². The van der Waals surface area contributed by atoms with Gasteiger partial charge in [-0.15, -0.1) is 0 Å². The molecule has 1 aliphatic carbocycles. The molecule has 1 aromatic rings. The minimum atomic E-state index is -3.72. The molecule has 26 heavy (non-hydrogen) atoms. The van der Waals surface area contributed by atoms with Crippen LogP contribution in [0.5, 0.6) is 5.75 Å². The van der Waals surface area contributed by atoms with Crippen molar-refractivity contribution in [2.45, 2.75) is 24.2 Å². The zero-order valence-electron chi connectivity index (χ0n) is 14.8. The molecule has 3 rings (SSSR count). The van der Waals surface area contributed by atoms with Crippen LogP contribution in [0.15, 0.2) is 35.2 Å². The first kappa shape index (κ1) is 18.9. The summed E-state index contributed by atoms with van der Waals surface area (Å²) in [7, 11) is -2.29. The Hall–Kier alpha value is -1.90. The summed E-state index contributed by atoms with van der Waals surface area (Å²) in [5.41, 5.74) is 0.456. The molecule has 1 saturated heterocycles. The van der Waals surface area contributed by atoms with E-state index in [1.165, 1.54) is 17.5 Å². The molecule has 0 aromatic heterocycles. The number of hydrogen-bond acceptors (Lipinski definition) is 5. The van der Waals surface area contributed by atoms with Gasteiger partial charge < -0.3 is 14.8 Å². The van der Waals surface area contributed by atoms with Gasteiger partial charge in [-0.05, 0) is 37.5 Å². The van der Waals surface area contributed by atoms with Crippen molar-refractivity contribution in [3.05, 3.63) is 30.4 Å². The summed E-state index contributed by atoms with van der Waals surface area (Å²) in [4.78, 5) is 12.5. The number of carbonyl (C=O) groups excluding carboxylic acids is 1. The quantitative estimate of drug-likeness (QED) is 0.790. The number of ether oxygens (including phenoxy) is 2. The minimum Gasteiger partial charge on any atom is -0.495 e. The summed E-state index contributed by atoms with van der Waals surface area (Å²) < 4.78 is 37.8. The van der Waals surface area contributed by atoms with Gasteiger partial charge in [-0.25, -0.2) is 8.42 Å². The smallest absolute Gasteiger partial charge is 0.246 e.